The smallest absolute Gasteiger partial charge is 0.373 e. The quantitative estimate of drug-likeness (QED) is 0.695. The van der Waals surface area contributed by atoms with E-state index in [2.05, 4.69) is 5.32 Å². The molecular formula is C22H24F4N2O2. The number of nitrogens with one attached hydrogen (secondary N) is 1. The van der Waals surface area contributed by atoms with Crippen molar-refractivity contribution in [3.8, 4) is 0 Å². The molecule has 0 bridgehead atoms. The van der Waals surface area contributed by atoms with Crippen LogP contribution in [0.5, 0.6) is 0 Å². The Bertz CT molecular complexity index is 858. The van der Waals surface area contributed by atoms with Crippen LogP contribution in [0.2, 0.25) is 0 Å². The normalized spacial score (nSPS) is 19.6. The van der Waals surface area contributed by atoms with Crippen LogP contribution < -0.4 is 5.32 Å². The molecule has 1 saturated heterocycles. The second-order valence-corrected chi connectivity index (χ2v) is 7.33. The molecule has 2 amide bonds. The maximum Gasteiger partial charge on any atom is 0.416 e. The summed E-state index contributed by atoms with van der Waals surface area (Å²) in [7, 11) is 1.57. The number of rotatable bonds is 5. The number of piperidine rings is 1. The lowest BCUT2D eigenvalue weighted by Crippen LogP contribution is -2.48. The van der Waals surface area contributed by atoms with Gasteiger partial charge in [0.25, 0.3) is 0 Å². The van der Waals surface area contributed by atoms with Gasteiger partial charge in [-0.15, -0.1) is 0 Å². The molecule has 2 unspecified atom stereocenters. The third-order valence-electron chi connectivity index (χ3n) is 5.28. The number of hydrogen-bond donors (Lipinski definition) is 1. The lowest BCUT2D eigenvalue weighted by molar-refractivity contribution is -0.137. The van der Waals surface area contributed by atoms with Gasteiger partial charge in [0.2, 0.25) is 0 Å². The van der Waals surface area contributed by atoms with Gasteiger partial charge in [-0.2, -0.15) is 13.2 Å². The van der Waals surface area contributed by atoms with Gasteiger partial charge in [0, 0.05) is 26.1 Å². The van der Waals surface area contributed by atoms with Crippen LogP contribution in [0.3, 0.4) is 0 Å². The van der Waals surface area contributed by atoms with Gasteiger partial charge in [-0.1, -0.05) is 36.4 Å². The number of urea groups is 1. The molecule has 8 heteroatoms. The van der Waals surface area contributed by atoms with Crippen molar-refractivity contribution in [3.05, 3.63) is 70.8 Å². The average molecular weight is 424 g/mol. The zero-order valence-corrected chi connectivity index (χ0v) is 16.6. The summed E-state index contributed by atoms with van der Waals surface area (Å²) in [4.78, 5) is 13.8. The Kier molecular flexibility index (Phi) is 6.97. The largest absolute Gasteiger partial charge is 0.416 e. The molecule has 1 fully saturated rings. The number of hydrogen-bond acceptors (Lipinski definition) is 2. The highest BCUT2D eigenvalue weighted by molar-refractivity contribution is 5.74. The van der Waals surface area contributed by atoms with Crippen LogP contribution in [0.25, 0.3) is 0 Å². The molecule has 0 radical (unpaired) electrons. The summed E-state index contributed by atoms with van der Waals surface area (Å²) in [5, 5.41) is 2.62. The van der Waals surface area contributed by atoms with Crippen molar-refractivity contribution in [2.45, 2.75) is 37.9 Å². The zero-order valence-electron chi connectivity index (χ0n) is 16.6. The number of carbonyl (C=O) groups is 1. The number of ether oxygens (including phenoxy) is 1. The van der Waals surface area contributed by atoms with Crippen molar-refractivity contribution in [1.29, 1.82) is 0 Å². The zero-order chi connectivity index (χ0) is 21.7. The summed E-state index contributed by atoms with van der Waals surface area (Å²) >= 11 is 0. The van der Waals surface area contributed by atoms with E-state index in [1.807, 2.05) is 30.3 Å². The van der Waals surface area contributed by atoms with Crippen molar-refractivity contribution in [2.24, 2.45) is 0 Å². The summed E-state index contributed by atoms with van der Waals surface area (Å²) in [6, 6.07) is 12.6. The average Bonchev–Trinajstić information content (AvgIpc) is 2.76. The van der Waals surface area contributed by atoms with Gasteiger partial charge < -0.3 is 15.0 Å². The van der Waals surface area contributed by atoms with E-state index in [0.717, 1.165) is 17.7 Å². The molecule has 0 saturated carbocycles. The lowest BCUT2D eigenvalue weighted by atomic mass is 9.88. The van der Waals surface area contributed by atoms with Gasteiger partial charge in [0.1, 0.15) is 6.67 Å². The summed E-state index contributed by atoms with van der Waals surface area (Å²) in [5.74, 6) is -0.122. The van der Waals surface area contributed by atoms with E-state index in [1.54, 1.807) is 11.9 Å². The minimum absolute atomic E-state index is 0.0301. The molecule has 1 aliphatic rings. The minimum Gasteiger partial charge on any atom is -0.373 e. The molecule has 1 heterocycles. The number of halogens is 4. The van der Waals surface area contributed by atoms with Crippen molar-refractivity contribution in [3.63, 3.8) is 0 Å². The molecule has 30 heavy (non-hydrogen) atoms. The molecule has 3 rings (SSSR count). The van der Waals surface area contributed by atoms with E-state index in [0.29, 0.717) is 19.5 Å². The number of nitrogens with zero attached hydrogens (tertiary/aromatic N) is 1. The van der Waals surface area contributed by atoms with Gasteiger partial charge >= 0.3 is 12.2 Å². The van der Waals surface area contributed by atoms with E-state index in [-0.39, 0.29) is 35.8 Å². The SMILES string of the molecule is CNC(=O)N1CCC(OCc2cc(CF)cc(C(F)(F)F)c2)C(c2ccccc2)C1. The van der Waals surface area contributed by atoms with E-state index in [1.165, 1.54) is 6.07 Å². The number of carbonyl (C=O) groups excluding carboxylic acids is 1. The first-order valence-electron chi connectivity index (χ1n) is 9.71. The Morgan fingerprint density at radius 1 is 1.17 bits per heavy atom. The van der Waals surface area contributed by atoms with Crippen molar-refractivity contribution in [1.82, 2.24) is 10.2 Å². The predicted octanol–water partition coefficient (Wildman–Crippen LogP) is 4.89. The van der Waals surface area contributed by atoms with Gasteiger partial charge in [-0.25, -0.2) is 9.18 Å². The summed E-state index contributed by atoms with van der Waals surface area (Å²) in [6.07, 6.45) is -4.29. The molecule has 1 aliphatic heterocycles. The maximum absolute atomic E-state index is 13.1. The third-order valence-corrected chi connectivity index (χ3v) is 5.28. The Morgan fingerprint density at radius 3 is 2.50 bits per heavy atom. The summed E-state index contributed by atoms with van der Waals surface area (Å²) in [6.45, 7) is -0.127. The molecule has 0 aliphatic carbocycles. The first-order valence-corrected chi connectivity index (χ1v) is 9.71. The highest BCUT2D eigenvalue weighted by atomic mass is 19.4. The molecule has 0 aromatic heterocycles. The van der Waals surface area contributed by atoms with Gasteiger partial charge in [0.05, 0.1) is 18.3 Å². The number of alkyl halides is 4. The van der Waals surface area contributed by atoms with E-state index >= 15 is 0 Å². The van der Waals surface area contributed by atoms with Gasteiger partial charge in [-0.05, 0) is 35.2 Å². The second-order valence-electron chi connectivity index (χ2n) is 7.33. The molecule has 162 valence electrons. The van der Waals surface area contributed by atoms with Crippen LogP contribution in [0.1, 0.15) is 34.6 Å². The fourth-order valence-corrected chi connectivity index (χ4v) is 3.78. The molecule has 2 aromatic rings. The number of benzene rings is 2. The van der Waals surface area contributed by atoms with Crippen LogP contribution >= 0.6 is 0 Å². The highest BCUT2D eigenvalue weighted by Crippen LogP contribution is 2.33. The Hall–Kier alpha value is -2.61. The van der Waals surface area contributed by atoms with Crippen LogP contribution in [0.4, 0.5) is 22.4 Å². The molecule has 1 N–H and O–H groups in total. The highest BCUT2D eigenvalue weighted by Gasteiger charge is 2.34. The fourth-order valence-electron chi connectivity index (χ4n) is 3.78. The fraction of sp³-hybridized carbons (Fsp3) is 0.409. The first kappa shape index (κ1) is 22.1. The van der Waals surface area contributed by atoms with Crippen molar-refractivity contribution < 1.29 is 27.1 Å². The summed E-state index contributed by atoms with van der Waals surface area (Å²) < 4.78 is 58.4. The predicted molar refractivity (Wildman–Crippen MR) is 105 cm³/mol. The molecular weight excluding hydrogens is 400 g/mol. The first-order chi connectivity index (χ1) is 14.3. The van der Waals surface area contributed by atoms with Crippen LogP contribution in [-0.2, 0) is 24.2 Å². The van der Waals surface area contributed by atoms with Crippen LogP contribution in [0, 0.1) is 0 Å². The van der Waals surface area contributed by atoms with Crippen molar-refractivity contribution in [2.75, 3.05) is 20.1 Å². The minimum atomic E-state index is -4.55. The van der Waals surface area contributed by atoms with Crippen LogP contribution in [-0.4, -0.2) is 37.2 Å². The van der Waals surface area contributed by atoms with Crippen LogP contribution in [0.15, 0.2) is 48.5 Å². The monoisotopic (exact) mass is 424 g/mol. The summed E-state index contributed by atoms with van der Waals surface area (Å²) in [5.41, 5.74) is 0.352. The Morgan fingerprint density at radius 2 is 1.87 bits per heavy atom. The van der Waals surface area contributed by atoms with E-state index in [4.69, 9.17) is 4.74 Å². The standard InChI is InChI=1S/C22H24F4N2O2/c1-27-21(29)28-8-7-20(19(13-28)17-5-3-2-4-6-17)30-14-16-9-15(12-23)10-18(11-16)22(24,25)26/h2-6,9-11,19-20H,7-8,12-14H2,1H3,(H,27,29). The van der Waals surface area contributed by atoms with E-state index in [9.17, 15) is 22.4 Å². The Labute approximate surface area is 172 Å². The third kappa shape index (κ3) is 5.30. The second kappa shape index (κ2) is 9.47. The molecule has 0 spiro atoms. The Balaban J connectivity index is 1.78. The molecule has 2 aromatic carbocycles. The molecule has 4 nitrogen and oxygen atoms in total. The van der Waals surface area contributed by atoms with E-state index < -0.39 is 18.4 Å². The molecule has 2 atom stereocenters. The topological polar surface area (TPSA) is 41.6 Å². The van der Waals surface area contributed by atoms with Gasteiger partial charge in [-0.3, -0.25) is 0 Å². The number of likely N-dealkylation sites (tertiary alicyclic amines) is 1. The number of amides is 2. The van der Waals surface area contributed by atoms with Gasteiger partial charge in [0.15, 0.2) is 0 Å². The lowest BCUT2D eigenvalue weighted by Gasteiger charge is -2.38. The van der Waals surface area contributed by atoms with Crippen molar-refractivity contribution >= 4 is 6.03 Å². The maximum atomic E-state index is 13.1.